The molecular formula is C14H25NO. The SMILES string of the molecule is CC(C)(C)N1CC1CC1(C=O)CCCCC1. The highest BCUT2D eigenvalue weighted by Crippen LogP contribution is 2.43. The Hall–Kier alpha value is -0.370. The van der Waals surface area contributed by atoms with Gasteiger partial charge in [0.25, 0.3) is 0 Å². The van der Waals surface area contributed by atoms with E-state index < -0.39 is 0 Å². The van der Waals surface area contributed by atoms with Gasteiger partial charge in [0, 0.05) is 23.5 Å². The van der Waals surface area contributed by atoms with Gasteiger partial charge in [0.05, 0.1) is 0 Å². The molecule has 2 atom stereocenters. The summed E-state index contributed by atoms with van der Waals surface area (Å²) in [6.07, 6.45) is 8.46. The number of carbonyl (C=O) groups is 1. The minimum Gasteiger partial charge on any atom is -0.303 e. The van der Waals surface area contributed by atoms with Crippen molar-refractivity contribution in [2.45, 2.75) is 70.9 Å². The van der Waals surface area contributed by atoms with Gasteiger partial charge in [-0.15, -0.1) is 0 Å². The monoisotopic (exact) mass is 223 g/mol. The van der Waals surface area contributed by atoms with Gasteiger partial charge in [-0.1, -0.05) is 19.3 Å². The third-order valence-electron chi connectivity index (χ3n) is 4.32. The second-order valence-corrected chi connectivity index (χ2v) is 6.72. The maximum atomic E-state index is 11.4. The standard InChI is InChI=1S/C14H25NO/c1-13(2,3)15-10-12(15)9-14(11-16)7-5-4-6-8-14/h11-12H,4-10H2,1-3H3. The molecule has 2 aliphatic rings. The van der Waals surface area contributed by atoms with Gasteiger partial charge < -0.3 is 4.79 Å². The largest absolute Gasteiger partial charge is 0.303 e. The van der Waals surface area contributed by atoms with Crippen LogP contribution in [-0.2, 0) is 4.79 Å². The van der Waals surface area contributed by atoms with Crippen molar-refractivity contribution in [1.29, 1.82) is 0 Å². The van der Waals surface area contributed by atoms with E-state index in [2.05, 4.69) is 25.7 Å². The van der Waals surface area contributed by atoms with Crippen LogP contribution < -0.4 is 0 Å². The van der Waals surface area contributed by atoms with Crippen molar-refractivity contribution in [3.8, 4) is 0 Å². The lowest BCUT2D eigenvalue weighted by molar-refractivity contribution is -0.118. The number of hydrogen-bond donors (Lipinski definition) is 0. The van der Waals surface area contributed by atoms with E-state index in [1.807, 2.05) is 0 Å². The van der Waals surface area contributed by atoms with Crippen LogP contribution in [-0.4, -0.2) is 29.3 Å². The lowest BCUT2D eigenvalue weighted by atomic mass is 9.72. The molecule has 0 aromatic rings. The van der Waals surface area contributed by atoms with E-state index in [1.54, 1.807) is 0 Å². The molecular weight excluding hydrogens is 198 g/mol. The predicted octanol–water partition coefficient (Wildman–Crippen LogP) is 3.01. The molecule has 0 radical (unpaired) electrons. The molecule has 0 amide bonds. The van der Waals surface area contributed by atoms with E-state index in [9.17, 15) is 4.79 Å². The average Bonchev–Trinajstić information content (AvgIpc) is 2.98. The van der Waals surface area contributed by atoms with Gasteiger partial charge in [-0.25, -0.2) is 0 Å². The van der Waals surface area contributed by atoms with E-state index in [-0.39, 0.29) is 11.0 Å². The normalized spacial score (nSPS) is 33.4. The first-order chi connectivity index (χ1) is 7.47. The summed E-state index contributed by atoms with van der Waals surface area (Å²) < 4.78 is 0. The molecule has 0 spiro atoms. The van der Waals surface area contributed by atoms with Crippen molar-refractivity contribution in [2.75, 3.05) is 6.54 Å². The maximum Gasteiger partial charge on any atom is 0.126 e. The zero-order valence-electron chi connectivity index (χ0n) is 11.0. The van der Waals surface area contributed by atoms with Crippen LogP contribution in [0.3, 0.4) is 0 Å². The first kappa shape index (κ1) is 12.1. The van der Waals surface area contributed by atoms with Crippen molar-refractivity contribution >= 4 is 6.29 Å². The van der Waals surface area contributed by atoms with Gasteiger partial charge in [0.2, 0.25) is 0 Å². The molecule has 0 aromatic heterocycles. The molecule has 1 aliphatic carbocycles. The zero-order chi connectivity index (χ0) is 11.8. The molecule has 2 heteroatoms. The molecule has 1 saturated carbocycles. The maximum absolute atomic E-state index is 11.4. The third-order valence-corrected chi connectivity index (χ3v) is 4.32. The Morgan fingerprint density at radius 3 is 2.31 bits per heavy atom. The second-order valence-electron chi connectivity index (χ2n) is 6.72. The summed E-state index contributed by atoms with van der Waals surface area (Å²) in [5, 5.41) is 0. The molecule has 0 N–H and O–H groups in total. The molecule has 1 aliphatic heterocycles. The van der Waals surface area contributed by atoms with Crippen molar-refractivity contribution < 1.29 is 4.79 Å². The molecule has 2 fully saturated rings. The summed E-state index contributed by atoms with van der Waals surface area (Å²) in [6, 6.07) is 0.670. The molecule has 0 aromatic carbocycles. The van der Waals surface area contributed by atoms with Crippen molar-refractivity contribution in [3.63, 3.8) is 0 Å². The van der Waals surface area contributed by atoms with Crippen molar-refractivity contribution in [2.24, 2.45) is 5.41 Å². The number of carbonyl (C=O) groups excluding carboxylic acids is 1. The summed E-state index contributed by atoms with van der Waals surface area (Å²) in [5.74, 6) is 0. The number of nitrogens with zero attached hydrogens (tertiary/aromatic N) is 1. The fourth-order valence-corrected chi connectivity index (χ4v) is 3.27. The molecule has 1 heterocycles. The van der Waals surface area contributed by atoms with Crippen LogP contribution in [0.1, 0.15) is 59.3 Å². The van der Waals surface area contributed by atoms with Crippen LogP contribution >= 0.6 is 0 Å². The topological polar surface area (TPSA) is 20.1 Å². The Balaban J connectivity index is 1.91. The van der Waals surface area contributed by atoms with Crippen LogP contribution in [0.25, 0.3) is 0 Å². The molecule has 2 rings (SSSR count). The highest BCUT2D eigenvalue weighted by molar-refractivity contribution is 5.59. The molecule has 0 bridgehead atoms. The van der Waals surface area contributed by atoms with Gasteiger partial charge in [-0.2, -0.15) is 0 Å². The van der Waals surface area contributed by atoms with E-state index in [4.69, 9.17) is 0 Å². The number of aldehydes is 1. The van der Waals surface area contributed by atoms with E-state index >= 15 is 0 Å². The van der Waals surface area contributed by atoms with Crippen LogP contribution in [0.15, 0.2) is 0 Å². The Bertz CT molecular complexity index is 260. The van der Waals surface area contributed by atoms with E-state index in [0.29, 0.717) is 6.04 Å². The fourth-order valence-electron chi connectivity index (χ4n) is 3.27. The van der Waals surface area contributed by atoms with Gasteiger partial charge in [0.1, 0.15) is 6.29 Å². The highest BCUT2D eigenvalue weighted by Gasteiger charge is 2.46. The Morgan fingerprint density at radius 1 is 1.25 bits per heavy atom. The molecule has 16 heavy (non-hydrogen) atoms. The minimum atomic E-state index is 0.0307. The van der Waals surface area contributed by atoms with Gasteiger partial charge >= 0.3 is 0 Å². The van der Waals surface area contributed by atoms with Crippen molar-refractivity contribution in [1.82, 2.24) is 4.90 Å². The zero-order valence-corrected chi connectivity index (χ0v) is 11.0. The fraction of sp³-hybridized carbons (Fsp3) is 0.929. The van der Waals surface area contributed by atoms with Gasteiger partial charge in [-0.05, 0) is 40.0 Å². The summed E-state index contributed by atoms with van der Waals surface area (Å²) in [5.41, 5.74) is 0.312. The minimum absolute atomic E-state index is 0.0307. The van der Waals surface area contributed by atoms with Crippen LogP contribution in [0.5, 0.6) is 0 Å². The number of hydrogen-bond acceptors (Lipinski definition) is 2. The lowest BCUT2D eigenvalue weighted by Crippen LogP contribution is -2.32. The smallest absolute Gasteiger partial charge is 0.126 e. The summed E-state index contributed by atoms with van der Waals surface area (Å²) in [7, 11) is 0. The molecule has 2 nitrogen and oxygen atoms in total. The van der Waals surface area contributed by atoms with Gasteiger partial charge in [-0.3, -0.25) is 4.90 Å². The Kier molecular flexibility index (Phi) is 3.13. The predicted molar refractivity (Wildman–Crippen MR) is 66.4 cm³/mol. The Morgan fingerprint density at radius 2 is 1.88 bits per heavy atom. The number of rotatable bonds is 3. The quantitative estimate of drug-likeness (QED) is 0.541. The molecule has 92 valence electrons. The van der Waals surface area contributed by atoms with Crippen LogP contribution in [0.2, 0.25) is 0 Å². The lowest BCUT2D eigenvalue weighted by Gasteiger charge is -2.33. The molecule has 1 saturated heterocycles. The Labute approximate surface area is 99.4 Å². The summed E-state index contributed by atoms with van der Waals surface area (Å²) >= 11 is 0. The highest BCUT2D eigenvalue weighted by atomic mass is 16.1. The second kappa shape index (κ2) is 4.14. The van der Waals surface area contributed by atoms with E-state index in [0.717, 1.165) is 19.3 Å². The molecule has 2 unspecified atom stereocenters. The average molecular weight is 223 g/mol. The van der Waals surface area contributed by atoms with Crippen molar-refractivity contribution in [3.05, 3.63) is 0 Å². The third kappa shape index (κ3) is 2.48. The first-order valence-electron chi connectivity index (χ1n) is 6.70. The summed E-state index contributed by atoms with van der Waals surface area (Å²) in [4.78, 5) is 13.9. The van der Waals surface area contributed by atoms with Crippen LogP contribution in [0, 0.1) is 5.41 Å². The van der Waals surface area contributed by atoms with E-state index in [1.165, 1.54) is 32.1 Å². The summed E-state index contributed by atoms with van der Waals surface area (Å²) in [6.45, 7) is 7.99. The first-order valence-corrected chi connectivity index (χ1v) is 6.70. The van der Waals surface area contributed by atoms with Crippen LogP contribution in [0.4, 0.5) is 0 Å². The van der Waals surface area contributed by atoms with Gasteiger partial charge in [0.15, 0.2) is 0 Å².